The highest BCUT2D eigenvalue weighted by molar-refractivity contribution is 5.97. The number of nitrogens with zero attached hydrogens (tertiary/aromatic N) is 1. The fraction of sp³-hybridized carbons (Fsp3) is 0.250. The number of methoxy groups -OCH3 is 2. The highest BCUT2D eigenvalue weighted by atomic mass is 16.5. The van der Waals surface area contributed by atoms with Crippen molar-refractivity contribution in [2.45, 2.75) is 5.92 Å². The van der Waals surface area contributed by atoms with Crippen molar-refractivity contribution in [2.24, 2.45) is 5.92 Å². The second-order valence-electron chi connectivity index (χ2n) is 5.39. The third kappa shape index (κ3) is 2.63. The summed E-state index contributed by atoms with van der Waals surface area (Å²) in [5.41, 5.74) is -0.792. The van der Waals surface area contributed by atoms with Crippen molar-refractivity contribution in [3.63, 3.8) is 0 Å². The minimum absolute atomic E-state index is 0.00923. The number of aromatic nitrogens is 2. The van der Waals surface area contributed by atoms with Crippen LogP contribution < -0.4 is 26.0 Å². The lowest BCUT2D eigenvalue weighted by Gasteiger charge is -2.28. The summed E-state index contributed by atoms with van der Waals surface area (Å²) in [7, 11) is 2.93. The number of hydrogen-bond donors (Lipinski definition) is 3. The highest BCUT2D eigenvalue weighted by Crippen LogP contribution is 2.40. The molecule has 25 heavy (non-hydrogen) atoms. The molecule has 1 aliphatic heterocycles. The molecule has 128 valence electrons. The molecule has 1 aromatic heterocycles. The molecule has 2 unspecified atom stereocenters. The first-order valence-electron chi connectivity index (χ1n) is 7.29. The number of nitrogens with one attached hydrogen (secondary N) is 3. The predicted molar refractivity (Wildman–Crippen MR) is 86.8 cm³/mol. The maximum atomic E-state index is 12.3. The van der Waals surface area contributed by atoms with Gasteiger partial charge in [-0.15, -0.1) is 0 Å². The first-order chi connectivity index (χ1) is 12.0. The van der Waals surface area contributed by atoms with Crippen molar-refractivity contribution in [1.82, 2.24) is 9.97 Å². The smallest absolute Gasteiger partial charge is 0.327 e. The van der Waals surface area contributed by atoms with E-state index in [9.17, 15) is 19.6 Å². The van der Waals surface area contributed by atoms with E-state index in [0.717, 1.165) is 0 Å². The Morgan fingerprint density at radius 2 is 1.80 bits per heavy atom. The number of carbonyl (C=O) groups is 1. The molecular weight excluding hydrogens is 328 g/mol. The van der Waals surface area contributed by atoms with E-state index in [4.69, 9.17) is 9.47 Å². The molecule has 0 radical (unpaired) electrons. The number of nitriles is 1. The number of amides is 1. The maximum Gasteiger partial charge on any atom is 0.327 e. The number of fused-ring (bicyclic) bond motifs is 1. The second-order valence-corrected chi connectivity index (χ2v) is 5.39. The molecule has 0 aliphatic carbocycles. The number of ether oxygens (including phenoxy) is 2. The van der Waals surface area contributed by atoms with Crippen LogP contribution in [0.1, 0.15) is 17.0 Å². The van der Waals surface area contributed by atoms with Crippen molar-refractivity contribution in [3.8, 4) is 17.6 Å². The summed E-state index contributed by atoms with van der Waals surface area (Å²) < 4.78 is 10.4. The Hall–Kier alpha value is -3.54. The maximum absolute atomic E-state index is 12.3. The largest absolute Gasteiger partial charge is 0.493 e. The van der Waals surface area contributed by atoms with Gasteiger partial charge < -0.3 is 14.8 Å². The van der Waals surface area contributed by atoms with E-state index in [1.54, 1.807) is 18.2 Å². The third-order valence-corrected chi connectivity index (χ3v) is 4.06. The van der Waals surface area contributed by atoms with Crippen molar-refractivity contribution >= 4 is 11.7 Å². The Labute approximate surface area is 141 Å². The average Bonchev–Trinajstić information content (AvgIpc) is 2.59. The second kappa shape index (κ2) is 6.16. The monoisotopic (exact) mass is 342 g/mol. The number of benzene rings is 1. The van der Waals surface area contributed by atoms with Crippen LogP contribution in [0, 0.1) is 17.2 Å². The Morgan fingerprint density at radius 1 is 1.08 bits per heavy atom. The molecule has 2 heterocycles. The van der Waals surface area contributed by atoms with Gasteiger partial charge >= 0.3 is 5.69 Å². The van der Waals surface area contributed by atoms with Crippen LogP contribution in [0.15, 0.2) is 27.8 Å². The van der Waals surface area contributed by atoms with E-state index in [2.05, 4.69) is 15.3 Å². The molecule has 0 spiro atoms. The molecule has 2 atom stereocenters. The molecule has 0 fully saturated rings. The van der Waals surface area contributed by atoms with Gasteiger partial charge in [0, 0.05) is 5.92 Å². The van der Waals surface area contributed by atoms with Crippen LogP contribution in [0.25, 0.3) is 0 Å². The standard InChI is InChI=1S/C16H14N4O5/c1-24-9-4-3-7(5-10(9)25-2)11-8(6-17)14(21)18-13-12(11)15(22)20-16(23)19-13/h3-5,8,11H,1-2H3,(H3,18,19,20,21,22,23). The Morgan fingerprint density at radius 3 is 2.44 bits per heavy atom. The molecule has 9 heteroatoms. The summed E-state index contributed by atoms with van der Waals surface area (Å²) in [5, 5.41) is 11.8. The number of carbonyl (C=O) groups excluding carboxylic acids is 1. The van der Waals surface area contributed by atoms with Gasteiger partial charge in [0.2, 0.25) is 5.91 Å². The van der Waals surface area contributed by atoms with Crippen molar-refractivity contribution in [3.05, 3.63) is 50.2 Å². The van der Waals surface area contributed by atoms with Crippen LogP contribution in [-0.4, -0.2) is 30.1 Å². The first-order valence-corrected chi connectivity index (χ1v) is 7.29. The van der Waals surface area contributed by atoms with E-state index in [1.165, 1.54) is 14.2 Å². The van der Waals surface area contributed by atoms with Gasteiger partial charge in [0.05, 0.1) is 25.9 Å². The summed E-state index contributed by atoms with van der Waals surface area (Å²) in [5.74, 6) is -1.76. The third-order valence-electron chi connectivity index (χ3n) is 4.06. The Bertz CT molecular complexity index is 1000. The lowest BCUT2D eigenvalue weighted by atomic mass is 9.79. The lowest BCUT2D eigenvalue weighted by Crippen LogP contribution is -2.40. The number of H-pyrrole nitrogens is 2. The molecule has 3 N–H and O–H groups in total. The molecule has 0 saturated heterocycles. The van der Waals surface area contributed by atoms with E-state index in [1.807, 2.05) is 6.07 Å². The fourth-order valence-electron chi connectivity index (χ4n) is 2.95. The van der Waals surface area contributed by atoms with Crippen LogP contribution in [-0.2, 0) is 4.79 Å². The van der Waals surface area contributed by atoms with Gasteiger partial charge in [0.15, 0.2) is 11.5 Å². The van der Waals surface area contributed by atoms with E-state index >= 15 is 0 Å². The molecule has 9 nitrogen and oxygen atoms in total. The van der Waals surface area contributed by atoms with Crippen LogP contribution in [0.3, 0.4) is 0 Å². The molecule has 1 amide bonds. The zero-order valence-corrected chi connectivity index (χ0v) is 13.4. The first kappa shape index (κ1) is 16.3. The predicted octanol–water partition coefficient (Wildman–Crippen LogP) is 0.304. The lowest BCUT2D eigenvalue weighted by molar-refractivity contribution is -0.119. The number of aromatic amines is 2. The summed E-state index contributed by atoms with van der Waals surface area (Å²) in [4.78, 5) is 40.6. The topological polar surface area (TPSA) is 137 Å². The van der Waals surface area contributed by atoms with Gasteiger partial charge in [-0.05, 0) is 17.7 Å². The van der Waals surface area contributed by atoms with Gasteiger partial charge in [-0.2, -0.15) is 5.26 Å². The quantitative estimate of drug-likeness (QED) is 0.734. The van der Waals surface area contributed by atoms with Crippen molar-refractivity contribution < 1.29 is 14.3 Å². The molecule has 1 aromatic carbocycles. The number of hydrogen-bond acceptors (Lipinski definition) is 6. The van der Waals surface area contributed by atoms with Gasteiger partial charge in [0.25, 0.3) is 5.56 Å². The molecule has 3 rings (SSSR count). The van der Waals surface area contributed by atoms with E-state index < -0.39 is 29.0 Å². The van der Waals surface area contributed by atoms with Crippen LogP contribution in [0.4, 0.5) is 5.82 Å². The summed E-state index contributed by atoms with van der Waals surface area (Å²) in [6, 6.07) is 6.78. The van der Waals surface area contributed by atoms with E-state index in [0.29, 0.717) is 17.1 Å². The van der Waals surface area contributed by atoms with Crippen molar-refractivity contribution in [1.29, 1.82) is 5.26 Å². The average molecular weight is 342 g/mol. The van der Waals surface area contributed by atoms with Crippen molar-refractivity contribution in [2.75, 3.05) is 19.5 Å². The van der Waals surface area contributed by atoms with Gasteiger partial charge in [-0.25, -0.2) is 4.79 Å². The van der Waals surface area contributed by atoms with Gasteiger partial charge in [-0.1, -0.05) is 6.07 Å². The van der Waals surface area contributed by atoms with Crippen LogP contribution >= 0.6 is 0 Å². The fourth-order valence-corrected chi connectivity index (χ4v) is 2.95. The molecular formula is C16H14N4O5. The molecule has 0 bridgehead atoms. The Kier molecular flexibility index (Phi) is 4.02. The molecule has 0 saturated carbocycles. The highest BCUT2D eigenvalue weighted by Gasteiger charge is 2.40. The normalized spacial score (nSPS) is 18.7. The minimum atomic E-state index is -1.14. The number of rotatable bonds is 3. The van der Waals surface area contributed by atoms with Crippen LogP contribution in [0.5, 0.6) is 11.5 Å². The zero-order valence-electron chi connectivity index (χ0n) is 13.4. The minimum Gasteiger partial charge on any atom is -0.493 e. The van der Waals surface area contributed by atoms with E-state index in [-0.39, 0.29) is 11.4 Å². The molecule has 2 aromatic rings. The van der Waals surface area contributed by atoms with Gasteiger partial charge in [0.1, 0.15) is 11.7 Å². The summed E-state index contributed by atoms with van der Waals surface area (Å²) in [6.07, 6.45) is 0. The van der Waals surface area contributed by atoms with Crippen LogP contribution in [0.2, 0.25) is 0 Å². The SMILES string of the molecule is COc1ccc(C2c3c([nH]c(=O)[nH]c3=O)NC(=O)C2C#N)cc1OC. The summed E-state index contributed by atoms with van der Waals surface area (Å²) >= 11 is 0. The van der Waals surface area contributed by atoms with Gasteiger partial charge in [-0.3, -0.25) is 19.6 Å². The summed E-state index contributed by atoms with van der Waals surface area (Å²) in [6.45, 7) is 0. The number of anilines is 1. The Balaban J connectivity index is 2.27. The zero-order chi connectivity index (χ0) is 18.1. The molecule has 1 aliphatic rings.